The molecular formula is C33H25FN4O3. The Bertz CT molecular complexity index is 1850. The first kappa shape index (κ1) is 24.8. The largest absolute Gasteiger partial charge is 0.356 e. The second-order valence-corrected chi connectivity index (χ2v) is 10.4. The van der Waals surface area contributed by atoms with Gasteiger partial charge in [0, 0.05) is 28.7 Å². The molecule has 3 heterocycles. The van der Waals surface area contributed by atoms with Crippen molar-refractivity contribution < 1.29 is 18.8 Å². The summed E-state index contributed by atoms with van der Waals surface area (Å²) >= 11 is 0. The highest BCUT2D eigenvalue weighted by Gasteiger charge is 2.53. The van der Waals surface area contributed by atoms with Crippen molar-refractivity contribution in [3.8, 4) is 0 Å². The van der Waals surface area contributed by atoms with Crippen LogP contribution in [-0.4, -0.2) is 33.8 Å². The van der Waals surface area contributed by atoms with Gasteiger partial charge >= 0.3 is 6.03 Å². The normalized spacial score (nSPS) is 18.0. The van der Waals surface area contributed by atoms with Crippen molar-refractivity contribution in [2.24, 2.45) is 0 Å². The van der Waals surface area contributed by atoms with E-state index in [0.29, 0.717) is 12.1 Å². The average molecular weight is 545 g/mol. The summed E-state index contributed by atoms with van der Waals surface area (Å²) in [4.78, 5) is 48.0. The van der Waals surface area contributed by atoms with Crippen LogP contribution in [0.15, 0.2) is 97.1 Å². The Morgan fingerprint density at radius 3 is 2.39 bits per heavy atom. The number of nitrogens with one attached hydrogen (secondary N) is 2. The molecule has 202 valence electrons. The molecule has 41 heavy (non-hydrogen) atoms. The van der Waals surface area contributed by atoms with Crippen molar-refractivity contribution in [3.63, 3.8) is 0 Å². The molecule has 1 unspecified atom stereocenters. The van der Waals surface area contributed by atoms with Gasteiger partial charge in [0.05, 0.1) is 11.3 Å². The molecule has 4 aromatic carbocycles. The van der Waals surface area contributed by atoms with Crippen molar-refractivity contribution in [3.05, 3.63) is 131 Å². The Morgan fingerprint density at radius 2 is 1.61 bits per heavy atom. The van der Waals surface area contributed by atoms with Crippen LogP contribution in [0.25, 0.3) is 10.9 Å². The third-order valence-corrected chi connectivity index (χ3v) is 7.93. The minimum absolute atomic E-state index is 0.161. The highest BCUT2D eigenvalue weighted by atomic mass is 19.1. The van der Waals surface area contributed by atoms with Crippen molar-refractivity contribution in [2.45, 2.75) is 25.4 Å². The number of amides is 4. The quantitative estimate of drug-likeness (QED) is 0.259. The van der Waals surface area contributed by atoms with Gasteiger partial charge in [0.15, 0.2) is 0 Å². The second kappa shape index (κ2) is 9.45. The van der Waals surface area contributed by atoms with Crippen LogP contribution in [0.2, 0.25) is 0 Å². The van der Waals surface area contributed by atoms with Crippen LogP contribution in [0.4, 0.5) is 20.6 Å². The minimum atomic E-state index is -0.742. The fourth-order valence-corrected chi connectivity index (χ4v) is 5.98. The van der Waals surface area contributed by atoms with Crippen LogP contribution >= 0.6 is 0 Å². The number of hydrogen-bond acceptors (Lipinski definition) is 3. The number of para-hydroxylation sites is 2. The summed E-state index contributed by atoms with van der Waals surface area (Å²) in [6.45, 7) is 2.00. The van der Waals surface area contributed by atoms with E-state index in [1.165, 1.54) is 24.3 Å². The summed E-state index contributed by atoms with van der Waals surface area (Å²) < 4.78 is 13.4. The Hall–Kier alpha value is -5.24. The number of anilines is 2. The molecule has 2 aliphatic heterocycles. The number of H-pyrrole nitrogens is 1. The summed E-state index contributed by atoms with van der Waals surface area (Å²) in [7, 11) is 0. The summed E-state index contributed by atoms with van der Waals surface area (Å²) in [5, 5.41) is 3.76. The third kappa shape index (κ3) is 3.98. The van der Waals surface area contributed by atoms with Gasteiger partial charge in [-0.05, 0) is 60.5 Å². The van der Waals surface area contributed by atoms with Gasteiger partial charge < -0.3 is 10.3 Å². The third-order valence-electron chi connectivity index (χ3n) is 7.93. The predicted octanol–water partition coefficient (Wildman–Crippen LogP) is 6.35. The number of carbonyl (C=O) groups excluding carboxylic acids is 3. The number of halogens is 1. The molecule has 2 atom stereocenters. The standard InChI is InChI=1S/C33H25FN4O3/c1-19-10-12-20(13-11-19)30-29-25(23-6-2-4-8-26(23)36-29)18-28-32(40)38(33(41)37(28)30)27-9-5-3-7-24(27)31(39)35-22-16-14-21(34)15-17-22/h2-17,28,30,36H,18H2,1H3,(H,35,39)/t28-,30?/m0/s1. The highest BCUT2D eigenvalue weighted by Crippen LogP contribution is 2.45. The molecule has 1 aromatic heterocycles. The Balaban J connectivity index is 1.31. The molecule has 2 aliphatic rings. The van der Waals surface area contributed by atoms with E-state index in [0.717, 1.165) is 38.2 Å². The van der Waals surface area contributed by atoms with Crippen LogP contribution in [0.1, 0.15) is 38.8 Å². The van der Waals surface area contributed by atoms with Crippen molar-refractivity contribution >= 4 is 40.1 Å². The summed E-state index contributed by atoms with van der Waals surface area (Å²) in [5.41, 5.74) is 5.59. The second-order valence-electron chi connectivity index (χ2n) is 10.4. The summed E-state index contributed by atoms with van der Waals surface area (Å²) in [6.07, 6.45) is 0.354. The number of aromatic amines is 1. The lowest BCUT2D eigenvalue weighted by molar-refractivity contribution is -0.120. The number of imide groups is 1. The number of fused-ring (bicyclic) bond motifs is 4. The fourth-order valence-electron chi connectivity index (χ4n) is 5.98. The van der Waals surface area contributed by atoms with E-state index in [1.807, 2.05) is 55.5 Å². The average Bonchev–Trinajstić information content (AvgIpc) is 3.48. The molecule has 1 saturated heterocycles. The Morgan fingerprint density at radius 1 is 0.902 bits per heavy atom. The van der Waals surface area contributed by atoms with E-state index in [4.69, 9.17) is 0 Å². The van der Waals surface area contributed by atoms with E-state index in [2.05, 4.69) is 10.3 Å². The van der Waals surface area contributed by atoms with Crippen molar-refractivity contribution in [1.29, 1.82) is 0 Å². The van der Waals surface area contributed by atoms with Crippen LogP contribution < -0.4 is 10.2 Å². The van der Waals surface area contributed by atoms with E-state index >= 15 is 0 Å². The molecule has 0 bridgehead atoms. The van der Waals surface area contributed by atoms with E-state index in [1.54, 1.807) is 29.2 Å². The number of aromatic nitrogens is 1. The molecule has 5 aromatic rings. The summed E-state index contributed by atoms with van der Waals surface area (Å²) in [5.74, 6) is -1.32. The molecule has 8 heteroatoms. The van der Waals surface area contributed by atoms with E-state index < -0.39 is 29.8 Å². The molecule has 2 N–H and O–H groups in total. The van der Waals surface area contributed by atoms with Gasteiger partial charge in [-0.25, -0.2) is 14.1 Å². The lowest BCUT2D eigenvalue weighted by Gasteiger charge is -2.36. The topological polar surface area (TPSA) is 85.5 Å². The van der Waals surface area contributed by atoms with Gasteiger partial charge in [-0.2, -0.15) is 0 Å². The maximum atomic E-state index is 14.2. The monoisotopic (exact) mass is 544 g/mol. The number of benzene rings is 4. The lowest BCUT2D eigenvalue weighted by atomic mass is 9.88. The molecule has 7 nitrogen and oxygen atoms in total. The molecule has 4 amide bonds. The number of hydrogen-bond donors (Lipinski definition) is 2. The first-order valence-corrected chi connectivity index (χ1v) is 13.4. The lowest BCUT2D eigenvalue weighted by Crippen LogP contribution is -2.44. The van der Waals surface area contributed by atoms with Gasteiger partial charge in [-0.3, -0.25) is 14.5 Å². The maximum Gasteiger partial charge on any atom is 0.332 e. The van der Waals surface area contributed by atoms with E-state index in [-0.39, 0.29) is 17.2 Å². The highest BCUT2D eigenvalue weighted by molar-refractivity contribution is 6.24. The first-order valence-electron chi connectivity index (χ1n) is 13.4. The van der Waals surface area contributed by atoms with Crippen LogP contribution in [0.3, 0.4) is 0 Å². The molecule has 0 spiro atoms. The zero-order chi connectivity index (χ0) is 28.2. The van der Waals surface area contributed by atoms with Gasteiger partial charge in [0.2, 0.25) is 0 Å². The zero-order valence-corrected chi connectivity index (χ0v) is 22.1. The SMILES string of the molecule is Cc1ccc(C2c3[nH]c4ccccc4c3C[C@H]3C(=O)N(c4ccccc4C(=O)Nc4ccc(F)cc4)C(=O)N23)cc1. The van der Waals surface area contributed by atoms with Gasteiger partial charge in [0.1, 0.15) is 17.9 Å². The number of carbonyl (C=O) groups is 3. The minimum Gasteiger partial charge on any atom is -0.356 e. The van der Waals surface area contributed by atoms with Crippen molar-refractivity contribution in [1.82, 2.24) is 9.88 Å². The Labute approximate surface area is 235 Å². The summed E-state index contributed by atoms with van der Waals surface area (Å²) in [6, 6.07) is 26.1. The number of rotatable bonds is 4. The molecule has 0 radical (unpaired) electrons. The van der Waals surface area contributed by atoms with Crippen LogP contribution in [0, 0.1) is 12.7 Å². The van der Waals surface area contributed by atoms with Gasteiger partial charge in [-0.15, -0.1) is 0 Å². The first-order chi connectivity index (χ1) is 19.9. The molecule has 0 saturated carbocycles. The molecule has 7 rings (SSSR count). The van der Waals surface area contributed by atoms with Gasteiger partial charge in [-0.1, -0.05) is 60.2 Å². The maximum absolute atomic E-state index is 14.2. The zero-order valence-electron chi connectivity index (χ0n) is 22.1. The fraction of sp³-hybridized carbons (Fsp3) is 0.121. The number of aryl methyl sites for hydroxylation is 1. The Kier molecular flexibility index (Phi) is 5.71. The predicted molar refractivity (Wildman–Crippen MR) is 154 cm³/mol. The van der Waals surface area contributed by atoms with Crippen molar-refractivity contribution in [2.75, 3.05) is 10.2 Å². The molecule has 1 fully saturated rings. The van der Waals surface area contributed by atoms with Crippen LogP contribution in [0.5, 0.6) is 0 Å². The molecular weight excluding hydrogens is 519 g/mol. The van der Waals surface area contributed by atoms with E-state index in [9.17, 15) is 18.8 Å². The van der Waals surface area contributed by atoms with Crippen LogP contribution in [-0.2, 0) is 11.2 Å². The molecule has 0 aliphatic carbocycles. The van der Waals surface area contributed by atoms with Gasteiger partial charge in [0.25, 0.3) is 11.8 Å². The number of nitrogens with zero attached hydrogens (tertiary/aromatic N) is 2. The smallest absolute Gasteiger partial charge is 0.332 e. The number of urea groups is 1.